The van der Waals surface area contributed by atoms with Crippen LogP contribution in [0.5, 0.6) is 5.75 Å². The van der Waals surface area contributed by atoms with Gasteiger partial charge in [-0.05, 0) is 54.7 Å². The van der Waals surface area contributed by atoms with Gasteiger partial charge >= 0.3 is 0 Å². The van der Waals surface area contributed by atoms with Gasteiger partial charge in [0.05, 0.1) is 22.5 Å². The number of hydrogen-bond donors (Lipinski definition) is 3. The molecule has 188 valence electrons. The maximum absolute atomic E-state index is 14.0. The molecule has 8 heteroatoms. The maximum Gasteiger partial charge on any atom is 0.250 e. The summed E-state index contributed by atoms with van der Waals surface area (Å²) in [6.07, 6.45) is 0.950. The lowest BCUT2D eigenvalue weighted by Crippen LogP contribution is -2.53. The number of amides is 3. The van der Waals surface area contributed by atoms with E-state index in [-0.39, 0.29) is 30.0 Å². The fourth-order valence-electron chi connectivity index (χ4n) is 6.22. The van der Waals surface area contributed by atoms with Gasteiger partial charge in [0.1, 0.15) is 11.3 Å². The summed E-state index contributed by atoms with van der Waals surface area (Å²) < 4.78 is 0. The number of benzene rings is 3. The molecule has 1 spiro atoms. The molecule has 0 aromatic heterocycles. The lowest BCUT2D eigenvalue weighted by molar-refractivity contribution is -0.142. The molecule has 3 heterocycles. The Morgan fingerprint density at radius 1 is 0.973 bits per heavy atom. The molecule has 6 rings (SSSR count). The third-order valence-corrected chi connectivity index (χ3v) is 8.17. The number of carbonyl (C=O) groups is 3. The van der Waals surface area contributed by atoms with E-state index >= 15 is 0 Å². The molecule has 7 nitrogen and oxygen atoms in total. The third-order valence-electron chi connectivity index (χ3n) is 7.87. The van der Waals surface area contributed by atoms with E-state index in [1.807, 2.05) is 43.3 Å². The van der Waals surface area contributed by atoms with E-state index in [0.717, 1.165) is 16.7 Å². The van der Waals surface area contributed by atoms with Crippen molar-refractivity contribution in [2.45, 2.75) is 31.3 Å². The Hall–Kier alpha value is -3.68. The summed E-state index contributed by atoms with van der Waals surface area (Å²) in [5.74, 6) is -2.44. The van der Waals surface area contributed by atoms with Crippen molar-refractivity contribution in [3.8, 4) is 5.75 Å². The number of aryl methyl sites for hydroxylation is 1. The summed E-state index contributed by atoms with van der Waals surface area (Å²) in [6.45, 7) is 2.14. The Balaban J connectivity index is 1.42. The van der Waals surface area contributed by atoms with E-state index in [4.69, 9.17) is 11.6 Å². The van der Waals surface area contributed by atoms with Gasteiger partial charge in [0.15, 0.2) is 0 Å². The molecular formula is C29H26ClN3O4. The van der Waals surface area contributed by atoms with Crippen LogP contribution in [0.25, 0.3) is 0 Å². The molecule has 0 saturated carbocycles. The van der Waals surface area contributed by atoms with Crippen molar-refractivity contribution in [3.05, 3.63) is 94.0 Å². The second-order valence-electron chi connectivity index (χ2n) is 10.1. The SMILES string of the molecule is Cc1cc(Cl)c2c(c1)[C@]1(N[C@H](Cc3ccc(O)cc3)[C@H]3C(=O)N(CCc4ccccc4)C(=O)[C@@H]31)C(=O)N2. The number of imide groups is 1. The van der Waals surface area contributed by atoms with Crippen LogP contribution < -0.4 is 10.6 Å². The van der Waals surface area contributed by atoms with E-state index in [1.165, 1.54) is 4.90 Å². The van der Waals surface area contributed by atoms with Crippen LogP contribution in [0.15, 0.2) is 66.7 Å². The van der Waals surface area contributed by atoms with Gasteiger partial charge in [0.25, 0.3) is 0 Å². The molecule has 3 aliphatic rings. The first kappa shape index (κ1) is 23.7. The van der Waals surface area contributed by atoms with Gasteiger partial charge in [-0.2, -0.15) is 0 Å². The number of phenolic OH excluding ortho intramolecular Hbond substituents is 1. The largest absolute Gasteiger partial charge is 0.508 e. The van der Waals surface area contributed by atoms with Crippen molar-refractivity contribution in [1.82, 2.24) is 10.2 Å². The maximum atomic E-state index is 14.0. The minimum atomic E-state index is -1.40. The smallest absolute Gasteiger partial charge is 0.250 e. The van der Waals surface area contributed by atoms with Crippen LogP contribution in [0.2, 0.25) is 5.02 Å². The number of anilines is 1. The summed E-state index contributed by atoms with van der Waals surface area (Å²) in [7, 11) is 0. The van der Waals surface area contributed by atoms with Crippen LogP contribution in [-0.2, 0) is 32.8 Å². The molecule has 37 heavy (non-hydrogen) atoms. The highest BCUT2D eigenvalue weighted by atomic mass is 35.5. The molecule has 0 bridgehead atoms. The molecule has 3 amide bonds. The minimum Gasteiger partial charge on any atom is -0.508 e. The van der Waals surface area contributed by atoms with Crippen molar-refractivity contribution >= 4 is 35.0 Å². The zero-order chi connectivity index (χ0) is 25.9. The average molecular weight is 516 g/mol. The second-order valence-corrected chi connectivity index (χ2v) is 10.5. The highest BCUT2D eigenvalue weighted by Gasteiger charge is 2.70. The van der Waals surface area contributed by atoms with Crippen molar-refractivity contribution in [2.75, 3.05) is 11.9 Å². The summed E-state index contributed by atoms with van der Waals surface area (Å²) in [4.78, 5) is 42.8. The van der Waals surface area contributed by atoms with Crippen molar-refractivity contribution in [1.29, 1.82) is 0 Å². The van der Waals surface area contributed by atoms with E-state index in [0.29, 0.717) is 29.1 Å². The topological polar surface area (TPSA) is 98.7 Å². The molecule has 2 saturated heterocycles. The van der Waals surface area contributed by atoms with E-state index in [2.05, 4.69) is 10.6 Å². The van der Waals surface area contributed by atoms with Crippen LogP contribution in [0.4, 0.5) is 5.69 Å². The predicted octanol–water partition coefficient (Wildman–Crippen LogP) is 3.56. The van der Waals surface area contributed by atoms with Gasteiger partial charge in [0.2, 0.25) is 17.7 Å². The van der Waals surface area contributed by atoms with Gasteiger partial charge in [-0.15, -0.1) is 0 Å². The molecule has 0 radical (unpaired) electrons. The molecule has 3 N–H and O–H groups in total. The number of likely N-dealkylation sites (tertiary alicyclic amines) is 1. The first-order valence-electron chi connectivity index (χ1n) is 12.4. The fraction of sp³-hybridized carbons (Fsp3) is 0.276. The summed E-state index contributed by atoms with van der Waals surface area (Å²) >= 11 is 6.51. The van der Waals surface area contributed by atoms with Gasteiger partial charge < -0.3 is 10.4 Å². The first-order chi connectivity index (χ1) is 17.8. The Bertz CT molecular complexity index is 1430. The number of hydrogen-bond acceptors (Lipinski definition) is 5. The third kappa shape index (κ3) is 3.64. The molecule has 3 aliphatic heterocycles. The van der Waals surface area contributed by atoms with Crippen LogP contribution in [0.3, 0.4) is 0 Å². The number of phenols is 1. The standard InChI is InChI=1S/C29H26ClN3O4/c1-16-13-20-25(21(30)14-16)31-28(37)29(20)24-23(22(32-29)15-18-7-9-19(34)10-8-18)26(35)33(27(24)36)12-11-17-5-3-2-4-6-17/h2-10,13-14,22-24,32,34H,11-12,15H2,1H3,(H,31,37)/t22-,23-,24-,29-/m1/s1. The summed E-state index contributed by atoms with van der Waals surface area (Å²) in [6, 6.07) is 19.6. The van der Waals surface area contributed by atoms with Crippen LogP contribution >= 0.6 is 11.6 Å². The van der Waals surface area contributed by atoms with Gasteiger partial charge in [-0.1, -0.05) is 60.1 Å². The monoisotopic (exact) mass is 515 g/mol. The van der Waals surface area contributed by atoms with Crippen molar-refractivity contribution in [2.24, 2.45) is 11.8 Å². The van der Waals surface area contributed by atoms with Gasteiger partial charge in [-0.3, -0.25) is 24.6 Å². The van der Waals surface area contributed by atoms with Gasteiger partial charge in [-0.25, -0.2) is 0 Å². The average Bonchev–Trinajstić information content (AvgIpc) is 3.45. The number of nitrogens with zero attached hydrogens (tertiary/aromatic N) is 1. The molecule has 4 atom stereocenters. The fourth-order valence-corrected chi connectivity index (χ4v) is 6.54. The van der Waals surface area contributed by atoms with Crippen molar-refractivity contribution in [3.63, 3.8) is 0 Å². The summed E-state index contributed by atoms with van der Waals surface area (Å²) in [5, 5.41) is 16.4. The molecule has 0 unspecified atom stereocenters. The Morgan fingerprint density at radius 3 is 2.43 bits per heavy atom. The molecule has 0 aliphatic carbocycles. The Labute approximate surface area is 219 Å². The molecule has 3 aromatic carbocycles. The highest BCUT2D eigenvalue weighted by Crippen LogP contribution is 2.54. The van der Waals surface area contributed by atoms with E-state index < -0.39 is 23.4 Å². The van der Waals surface area contributed by atoms with Gasteiger partial charge in [0, 0.05) is 18.2 Å². The normalized spacial score (nSPS) is 26.1. The molecule has 2 fully saturated rings. The Kier molecular flexibility index (Phi) is 5.58. The number of fused-ring (bicyclic) bond motifs is 4. The zero-order valence-corrected chi connectivity index (χ0v) is 21.0. The molecular weight excluding hydrogens is 490 g/mol. The summed E-state index contributed by atoms with van der Waals surface area (Å²) in [5.41, 5.74) is 2.46. The second kappa shape index (κ2) is 8.71. The number of aromatic hydroxyl groups is 1. The highest BCUT2D eigenvalue weighted by molar-refractivity contribution is 6.35. The van der Waals surface area contributed by atoms with Crippen LogP contribution in [0.1, 0.15) is 22.3 Å². The number of halogens is 1. The Morgan fingerprint density at radius 2 is 1.70 bits per heavy atom. The van der Waals surface area contributed by atoms with Crippen molar-refractivity contribution < 1.29 is 19.5 Å². The lowest BCUT2D eigenvalue weighted by atomic mass is 9.76. The number of rotatable bonds is 5. The van der Waals surface area contributed by atoms with Crippen LogP contribution in [-0.4, -0.2) is 40.3 Å². The quantitative estimate of drug-likeness (QED) is 0.451. The molecule has 3 aromatic rings. The van der Waals surface area contributed by atoms with E-state index in [1.54, 1.807) is 30.3 Å². The zero-order valence-electron chi connectivity index (χ0n) is 20.2. The number of carbonyl (C=O) groups excluding carboxylic acids is 3. The first-order valence-corrected chi connectivity index (χ1v) is 12.7. The van der Waals surface area contributed by atoms with E-state index in [9.17, 15) is 19.5 Å². The number of nitrogens with one attached hydrogen (secondary N) is 2. The minimum absolute atomic E-state index is 0.144. The predicted molar refractivity (Wildman–Crippen MR) is 139 cm³/mol. The van der Waals surface area contributed by atoms with Crippen LogP contribution in [0, 0.1) is 18.8 Å². The lowest BCUT2D eigenvalue weighted by Gasteiger charge is -2.30.